The Labute approximate surface area is 152 Å². The smallest absolute Gasteiger partial charge is 0.249 e. The molecule has 3 atom stereocenters. The lowest BCUT2D eigenvalue weighted by Crippen LogP contribution is -2.42. The van der Waals surface area contributed by atoms with Crippen LogP contribution in [-0.4, -0.2) is 46.1 Å². The Morgan fingerprint density at radius 2 is 2.31 bits per heavy atom. The summed E-state index contributed by atoms with van der Waals surface area (Å²) < 4.78 is 11.5. The Balaban J connectivity index is 1.27. The summed E-state index contributed by atoms with van der Waals surface area (Å²) in [5, 5.41) is 2.92. The second kappa shape index (κ2) is 7.55. The summed E-state index contributed by atoms with van der Waals surface area (Å²) in [6.07, 6.45) is 6.70. The molecule has 0 aromatic carbocycles. The lowest BCUT2D eigenvalue weighted by molar-refractivity contribution is -0.133. The molecular weight excluding hydrogens is 332 g/mol. The van der Waals surface area contributed by atoms with Crippen molar-refractivity contribution in [3.05, 3.63) is 47.9 Å². The minimum atomic E-state index is -0.369. The molecule has 2 saturated heterocycles. The average Bonchev–Trinajstić information content (AvgIpc) is 3.30. The van der Waals surface area contributed by atoms with Crippen molar-refractivity contribution in [2.45, 2.75) is 45.1 Å². The highest BCUT2D eigenvalue weighted by molar-refractivity contribution is 5.81. The zero-order chi connectivity index (χ0) is 17.9. The minimum absolute atomic E-state index is 0.0561. The van der Waals surface area contributed by atoms with Crippen LogP contribution in [0.15, 0.2) is 35.2 Å². The third-order valence-electron chi connectivity index (χ3n) is 5.17. The van der Waals surface area contributed by atoms with Crippen molar-refractivity contribution in [3.63, 3.8) is 0 Å². The number of carbonyl (C=O) groups excluding carboxylic acids is 1. The van der Waals surface area contributed by atoms with E-state index in [1.807, 2.05) is 19.1 Å². The lowest BCUT2D eigenvalue weighted by atomic mass is 9.91. The van der Waals surface area contributed by atoms with E-state index in [0.29, 0.717) is 12.5 Å². The van der Waals surface area contributed by atoms with Crippen molar-refractivity contribution in [2.24, 2.45) is 5.92 Å². The molecule has 0 spiro atoms. The van der Waals surface area contributed by atoms with Gasteiger partial charge in [-0.3, -0.25) is 19.7 Å². The summed E-state index contributed by atoms with van der Waals surface area (Å²) in [6, 6.07) is 3.90. The van der Waals surface area contributed by atoms with Gasteiger partial charge in [0.25, 0.3) is 0 Å². The number of likely N-dealkylation sites (tertiary alicyclic amines) is 1. The van der Waals surface area contributed by atoms with Gasteiger partial charge in [0.15, 0.2) is 0 Å². The Morgan fingerprint density at radius 3 is 3.08 bits per heavy atom. The quantitative estimate of drug-likeness (QED) is 0.878. The van der Waals surface area contributed by atoms with Gasteiger partial charge in [-0.1, -0.05) is 0 Å². The molecule has 2 aromatic rings. The Morgan fingerprint density at radius 1 is 1.38 bits per heavy atom. The van der Waals surface area contributed by atoms with E-state index >= 15 is 0 Å². The third-order valence-corrected chi connectivity index (χ3v) is 5.17. The van der Waals surface area contributed by atoms with Crippen LogP contribution in [0, 0.1) is 12.8 Å². The van der Waals surface area contributed by atoms with Crippen LogP contribution in [0.2, 0.25) is 0 Å². The van der Waals surface area contributed by atoms with Gasteiger partial charge in [0, 0.05) is 12.7 Å². The van der Waals surface area contributed by atoms with Gasteiger partial charge in [-0.2, -0.15) is 0 Å². The molecular formula is C19H24N4O3. The molecule has 4 rings (SSSR count). The molecule has 1 amide bonds. The fraction of sp³-hybridized carbons (Fsp3) is 0.526. The van der Waals surface area contributed by atoms with Crippen LogP contribution in [0.3, 0.4) is 0 Å². The SMILES string of the molecule is Cc1cnc(CNC(=O)[C@H]2C[C@@H]3CCN(Cc4ccco4)C[C@H]3O2)cn1. The van der Waals surface area contributed by atoms with Crippen molar-refractivity contribution >= 4 is 5.91 Å². The summed E-state index contributed by atoms with van der Waals surface area (Å²) >= 11 is 0. The maximum absolute atomic E-state index is 12.5. The van der Waals surface area contributed by atoms with Gasteiger partial charge in [-0.25, -0.2) is 0 Å². The van der Waals surface area contributed by atoms with Gasteiger partial charge in [0.1, 0.15) is 11.9 Å². The fourth-order valence-electron chi connectivity index (χ4n) is 3.73. The molecule has 2 aliphatic heterocycles. The van der Waals surface area contributed by atoms with Crippen LogP contribution in [0.4, 0.5) is 0 Å². The van der Waals surface area contributed by atoms with Crippen LogP contribution in [0.1, 0.15) is 30.0 Å². The van der Waals surface area contributed by atoms with Crippen molar-refractivity contribution in [3.8, 4) is 0 Å². The number of nitrogens with zero attached hydrogens (tertiary/aromatic N) is 3. The number of hydrogen-bond donors (Lipinski definition) is 1. The largest absolute Gasteiger partial charge is 0.468 e. The predicted molar refractivity (Wildman–Crippen MR) is 94.0 cm³/mol. The van der Waals surface area contributed by atoms with E-state index in [1.54, 1.807) is 18.7 Å². The molecule has 0 aliphatic carbocycles. The van der Waals surface area contributed by atoms with E-state index < -0.39 is 0 Å². The normalized spacial score (nSPS) is 25.8. The molecule has 0 radical (unpaired) electrons. The maximum Gasteiger partial charge on any atom is 0.249 e. The van der Waals surface area contributed by atoms with Gasteiger partial charge in [0.2, 0.25) is 5.91 Å². The number of nitrogens with one attached hydrogen (secondary N) is 1. The standard InChI is InChI=1S/C19H24N4O3/c1-13-8-21-15(9-20-13)10-22-19(24)17-7-14-4-5-23(12-18(14)26-17)11-16-3-2-6-25-16/h2-3,6,8-9,14,17-18H,4-5,7,10-12H2,1H3,(H,22,24)/t14-,17+,18+/m0/s1. The summed E-state index contributed by atoms with van der Waals surface area (Å²) in [7, 11) is 0. The number of furan rings is 1. The molecule has 1 N–H and O–H groups in total. The van der Waals surface area contributed by atoms with Crippen molar-refractivity contribution in [1.29, 1.82) is 0 Å². The van der Waals surface area contributed by atoms with Crippen LogP contribution in [-0.2, 0) is 22.6 Å². The molecule has 2 aromatic heterocycles. The van der Waals surface area contributed by atoms with E-state index in [9.17, 15) is 4.79 Å². The lowest BCUT2D eigenvalue weighted by Gasteiger charge is -2.33. The van der Waals surface area contributed by atoms with Crippen molar-refractivity contribution in [2.75, 3.05) is 13.1 Å². The molecule has 7 heteroatoms. The number of piperidine rings is 1. The van der Waals surface area contributed by atoms with E-state index in [4.69, 9.17) is 9.15 Å². The van der Waals surface area contributed by atoms with Gasteiger partial charge >= 0.3 is 0 Å². The molecule has 2 fully saturated rings. The van der Waals surface area contributed by atoms with E-state index in [0.717, 1.165) is 49.6 Å². The number of carbonyl (C=O) groups is 1. The molecule has 0 unspecified atom stereocenters. The highest BCUT2D eigenvalue weighted by Crippen LogP contribution is 2.33. The molecule has 0 saturated carbocycles. The topological polar surface area (TPSA) is 80.5 Å². The summed E-state index contributed by atoms with van der Waals surface area (Å²) in [5.41, 5.74) is 1.62. The first-order valence-electron chi connectivity index (χ1n) is 9.13. The van der Waals surface area contributed by atoms with Crippen LogP contribution >= 0.6 is 0 Å². The van der Waals surface area contributed by atoms with E-state index in [1.165, 1.54) is 0 Å². The zero-order valence-corrected chi connectivity index (χ0v) is 14.9. The van der Waals surface area contributed by atoms with Gasteiger partial charge < -0.3 is 14.5 Å². The summed E-state index contributed by atoms with van der Waals surface area (Å²) in [6.45, 7) is 4.92. The van der Waals surface area contributed by atoms with Crippen LogP contribution < -0.4 is 5.32 Å². The summed E-state index contributed by atoms with van der Waals surface area (Å²) in [5.74, 6) is 1.37. The minimum Gasteiger partial charge on any atom is -0.468 e. The van der Waals surface area contributed by atoms with E-state index in [-0.39, 0.29) is 18.1 Å². The number of fused-ring (bicyclic) bond motifs is 1. The van der Waals surface area contributed by atoms with Crippen molar-refractivity contribution in [1.82, 2.24) is 20.2 Å². The molecule has 7 nitrogen and oxygen atoms in total. The Hall–Kier alpha value is -2.25. The average molecular weight is 356 g/mol. The number of amides is 1. The molecule has 4 heterocycles. The first kappa shape index (κ1) is 17.2. The molecule has 2 aliphatic rings. The number of hydrogen-bond acceptors (Lipinski definition) is 6. The maximum atomic E-state index is 12.5. The number of rotatable bonds is 5. The first-order chi connectivity index (χ1) is 12.7. The highest BCUT2D eigenvalue weighted by atomic mass is 16.5. The highest BCUT2D eigenvalue weighted by Gasteiger charge is 2.41. The van der Waals surface area contributed by atoms with Crippen LogP contribution in [0.5, 0.6) is 0 Å². The molecule has 26 heavy (non-hydrogen) atoms. The second-order valence-corrected chi connectivity index (χ2v) is 7.13. The fourth-order valence-corrected chi connectivity index (χ4v) is 3.73. The Bertz CT molecular complexity index is 732. The predicted octanol–water partition coefficient (Wildman–Crippen LogP) is 1.67. The number of aromatic nitrogens is 2. The first-order valence-corrected chi connectivity index (χ1v) is 9.13. The Kier molecular flexibility index (Phi) is 4.99. The monoisotopic (exact) mass is 356 g/mol. The molecule has 138 valence electrons. The number of aryl methyl sites for hydroxylation is 1. The van der Waals surface area contributed by atoms with E-state index in [2.05, 4.69) is 20.2 Å². The van der Waals surface area contributed by atoms with Gasteiger partial charge in [-0.15, -0.1) is 0 Å². The molecule has 0 bridgehead atoms. The van der Waals surface area contributed by atoms with Crippen LogP contribution in [0.25, 0.3) is 0 Å². The number of ether oxygens (including phenoxy) is 1. The zero-order valence-electron chi connectivity index (χ0n) is 14.9. The summed E-state index contributed by atoms with van der Waals surface area (Å²) in [4.78, 5) is 23.2. The van der Waals surface area contributed by atoms with Crippen molar-refractivity contribution < 1.29 is 13.9 Å². The van der Waals surface area contributed by atoms with Gasteiger partial charge in [-0.05, 0) is 44.4 Å². The second-order valence-electron chi connectivity index (χ2n) is 7.13. The van der Waals surface area contributed by atoms with Gasteiger partial charge in [0.05, 0.1) is 43.0 Å². The third kappa shape index (κ3) is 3.94.